The number of benzene rings is 1. The molecule has 0 spiro atoms. The molecule has 0 bridgehead atoms. The van der Waals surface area contributed by atoms with Gasteiger partial charge in [0.1, 0.15) is 17.4 Å². The lowest BCUT2D eigenvalue weighted by Gasteiger charge is -2.35. The van der Waals surface area contributed by atoms with E-state index in [2.05, 4.69) is 16.0 Å². The van der Waals surface area contributed by atoms with Crippen molar-refractivity contribution in [1.82, 2.24) is 9.88 Å². The van der Waals surface area contributed by atoms with Crippen LogP contribution in [0.25, 0.3) is 0 Å². The van der Waals surface area contributed by atoms with Crippen molar-refractivity contribution in [2.45, 2.75) is 19.8 Å². The van der Waals surface area contributed by atoms with Gasteiger partial charge in [-0.25, -0.2) is 4.98 Å². The Labute approximate surface area is 170 Å². The highest BCUT2D eigenvalue weighted by atomic mass is 16.5. The van der Waals surface area contributed by atoms with Crippen LogP contribution in [-0.2, 0) is 16.0 Å². The number of piperazine rings is 1. The number of nitriles is 1. The van der Waals surface area contributed by atoms with Gasteiger partial charge in [0.25, 0.3) is 5.91 Å². The Morgan fingerprint density at radius 1 is 1.14 bits per heavy atom. The van der Waals surface area contributed by atoms with Crippen molar-refractivity contribution in [3.8, 4) is 11.8 Å². The summed E-state index contributed by atoms with van der Waals surface area (Å²) in [6.07, 6.45) is 2.87. The van der Waals surface area contributed by atoms with E-state index in [0.29, 0.717) is 50.3 Å². The molecule has 2 aromatic rings. The molecule has 7 nitrogen and oxygen atoms in total. The van der Waals surface area contributed by atoms with Crippen LogP contribution >= 0.6 is 0 Å². The van der Waals surface area contributed by atoms with Crippen LogP contribution in [0.4, 0.5) is 5.82 Å². The molecule has 0 N–H and O–H groups in total. The zero-order valence-corrected chi connectivity index (χ0v) is 16.5. The number of amides is 1. The molecule has 1 amide bonds. The molecule has 1 saturated heterocycles. The smallest absolute Gasteiger partial charge is 0.260 e. The van der Waals surface area contributed by atoms with Gasteiger partial charge < -0.3 is 19.3 Å². The summed E-state index contributed by atoms with van der Waals surface area (Å²) in [7, 11) is 0. The first-order chi connectivity index (χ1) is 14.0. The normalized spacial score (nSPS) is 13.7. The van der Waals surface area contributed by atoms with Crippen LogP contribution in [0.5, 0.6) is 5.75 Å². The standard InChI is InChI=1S/C22H24N4O3/c1-17(27)2-3-18-4-6-20(7-5-18)29-16-22(28)26-12-10-25(11-13-26)21-14-19(15-23)8-9-24-21/h4-9,14H,2-3,10-13,16H2,1H3. The average Bonchev–Trinajstić information content (AvgIpc) is 2.77. The number of pyridine rings is 1. The van der Waals surface area contributed by atoms with Gasteiger partial charge in [0.05, 0.1) is 11.6 Å². The van der Waals surface area contributed by atoms with Crippen LogP contribution in [0.3, 0.4) is 0 Å². The van der Waals surface area contributed by atoms with Crippen molar-refractivity contribution in [2.24, 2.45) is 0 Å². The number of nitrogens with zero attached hydrogens (tertiary/aromatic N) is 4. The molecule has 1 aromatic heterocycles. The predicted octanol–water partition coefficient (Wildman–Crippen LogP) is 2.20. The second-order valence-electron chi connectivity index (χ2n) is 7.02. The predicted molar refractivity (Wildman–Crippen MR) is 109 cm³/mol. The van der Waals surface area contributed by atoms with Crippen molar-refractivity contribution in [1.29, 1.82) is 5.26 Å². The maximum atomic E-state index is 12.4. The van der Waals surface area contributed by atoms with Crippen LogP contribution in [0.2, 0.25) is 0 Å². The van der Waals surface area contributed by atoms with Gasteiger partial charge in [-0.2, -0.15) is 5.26 Å². The number of rotatable bonds is 7. The minimum absolute atomic E-state index is 0.00500. The zero-order valence-electron chi connectivity index (χ0n) is 16.5. The molecule has 0 aliphatic carbocycles. The first kappa shape index (κ1) is 20.3. The molecule has 7 heteroatoms. The van der Waals surface area contributed by atoms with Crippen molar-refractivity contribution < 1.29 is 14.3 Å². The third kappa shape index (κ3) is 5.79. The summed E-state index contributed by atoms with van der Waals surface area (Å²) in [5, 5.41) is 9.02. The highest BCUT2D eigenvalue weighted by molar-refractivity contribution is 5.78. The highest BCUT2D eigenvalue weighted by Gasteiger charge is 2.22. The summed E-state index contributed by atoms with van der Waals surface area (Å²) >= 11 is 0. The number of carbonyl (C=O) groups excluding carboxylic acids is 2. The van der Waals surface area contributed by atoms with Crippen molar-refractivity contribution in [3.05, 3.63) is 53.7 Å². The Balaban J connectivity index is 1.45. The van der Waals surface area contributed by atoms with Gasteiger partial charge in [0.2, 0.25) is 0 Å². The lowest BCUT2D eigenvalue weighted by Crippen LogP contribution is -2.50. The summed E-state index contributed by atoms with van der Waals surface area (Å²) in [6, 6.07) is 13.1. The Morgan fingerprint density at radius 3 is 2.52 bits per heavy atom. The van der Waals surface area contributed by atoms with Gasteiger partial charge in [0.15, 0.2) is 6.61 Å². The third-order valence-corrected chi connectivity index (χ3v) is 4.88. The van der Waals surface area contributed by atoms with Gasteiger partial charge >= 0.3 is 0 Å². The minimum Gasteiger partial charge on any atom is -0.484 e. The molecule has 2 heterocycles. The van der Waals surface area contributed by atoms with Gasteiger partial charge in [-0.3, -0.25) is 4.79 Å². The number of Topliss-reactive ketones (excluding diaryl/α,β-unsaturated/α-hetero) is 1. The lowest BCUT2D eigenvalue weighted by molar-refractivity contribution is -0.133. The minimum atomic E-state index is -0.0518. The molecule has 1 aliphatic heterocycles. The van der Waals surface area contributed by atoms with Crippen LogP contribution in [0, 0.1) is 11.3 Å². The van der Waals surface area contributed by atoms with Crippen molar-refractivity contribution >= 4 is 17.5 Å². The van der Waals surface area contributed by atoms with E-state index in [1.54, 1.807) is 30.2 Å². The summed E-state index contributed by atoms with van der Waals surface area (Å²) in [5.74, 6) is 1.52. The largest absolute Gasteiger partial charge is 0.484 e. The molecule has 3 rings (SSSR count). The Morgan fingerprint density at radius 2 is 1.86 bits per heavy atom. The fourth-order valence-electron chi connectivity index (χ4n) is 3.15. The van der Waals surface area contributed by atoms with Crippen LogP contribution in [-0.4, -0.2) is 54.4 Å². The average molecular weight is 392 g/mol. The number of ketones is 1. The number of aryl methyl sites for hydroxylation is 1. The first-order valence-electron chi connectivity index (χ1n) is 9.65. The van der Waals surface area contributed by atoms with E-state index in [0.717, 1.165) is 11.4 Å². The summed E-state index contributed by atoms with van der Waals surface area (Å²) in [6.45, 7) is 4.09. The summed E-state index contributed by atoms with van der Waals surface area (Å²) < 4.78 is 5.62. The van der Waals surface area contributed by atoms with Crippen molar-refractivity contribution in [2.75, 3.05) is 37.7 Å². The molecule has 0 radical (unpaired) electrons. The first-order valence-corrected chi connectivity index (χ1v) is 9.65. The van der Waals surface area contributed by atoms with Gasteiger partial charge in [-0.15, -0.1) is 0 Å². The fraction of sp³-hybridized carbons (Fsp3) is 0.364. The van der Waals surface area contributed by atoms with Crippen LogP contribution < -0.4 is 9.64 Å². The van der Waals surface area contributed by atoms with E-state index in [9.17, 15) is 9.59 Å². The van der Waals surface area contributed by atoms with Gasteiger partial charge in [-0.1, -0.05) is 12.1 Å². The second-order valence-corrected chi connectivity index (χ2v) is 7.02. The maximum absolute atomic E-state index is 12.4. The molecule has 0 atom stereocenters. The molecule has 1 fully saturated rings. The van der Waals surface area contributed by atoms with Gasteiger partial charge in [0, 0.05) is 38.8 Å². The number of hydrogen-bond acceptors (Lipinski definition) is 6. The molecular formula is C22H24N4O3. The maximum Gasteiger partial charge on any atom is 0.260 e. The lowest BCUT2D eigenvalue weighted by atomic mass is 10.1. The van der Waals surface area contributed by atoms with E-state index >= 15 is 0 Å². The van der Waals surface area contributed by atoms with E-state index in [4.69, 9.17) is 10.00 Å². The van der Waals surface area contributed by atoms with E-state index in [-0.39, 0.29) is 18.3 Å². The topological polar surface area (TPSA) is 86.5 Å². The van der Waals surface area contributed by atoms with Crippen LogP contribution in [0.1, 0.15) is 24.5 Å². The van der Waals surface area contributed by atoms with E-state index in [1.807, 2.05) is 24.3 Å². The Bertz CT molecular complexity index is 897. The van der Waals surface area contributed by atoms with Crippen LogP contribution in [0.15, 0.2) is 42.6 Å². The summed E-state index contributed by atoms with van der Waals surface area (Å²) in [5.41, 5.74) is 1.65. The number of carbonyl (C=O) groups is 2. The molecule has 29 heavy (non-hydrogen) atoms. The fourth-order valence-corrected chi connectivity index (χ4v) is 3.15. The summed E-state index contributed by atoms with van der Waals surface area (Å²) in [4.78, 5) is 31.7. The Hall–Kier alpha value is -3.40. The molecule has 150 valence electrons. The third-order valence-electron chi connectivity index (χ3n) is 4.88. The molecule has 1 aliphatic rings. The molecule has 1 aromatic carbocycles. The Kier molecular flexibility index (Phi) is 6.80. The monoisotopic (exact) mass is 392 g/mol. The SMILES string of the molecule is CC(=O)CCc1ccc(OCC(=O)N2CCN(c3cc(C#N)ccn3)CC2)cc1. The number of hydrogen-bond donors (Lipinski definition) is 0. The highest BCUT2D eigenvalue weighted by Crippen LogP contribution is 2.16. The molecule has 0 saturated carbocycles. The number of aromatic nitrogens is 1. The van der Waals surface area contributed by atoms with E-state index in [1.165, 1.54) is 0 Å². The van der Waals surface area contributed by atoms with E-state index < -0.39 is 0 Å². The second kappa shape index (κ2) is 9.69. The molecular weight excluding hydrogens is 368 g/mol. The van der Waals surface area contributed by atoms with Gasteiger partial charge in [-0.05, 0) is 43.2 Å². The zero-order chi connectivity index (χ0) is 20.6. The quantitative estimate of drug-likeness (QED) is 0.718. The van der Waals surface area contributed by atoms with Crippen molar-refractivity contribution in [3.63, 3.8) is 0 Å². The number of anilines is 1. The molecule has 0 unspecified atom stereocenters. The number of ether oxygens (including phenoxy) is 1.